The van der Waals surface area contributed by atoms with E-state index in [1.54, 1.807) is 12.1 Å². The number of ether oxygens (including phenoxy) is 1. The summed E-state index contributed by atoms with van der Waals surface area (Å²) in [6, 6.07) is 9.19. The van der Waals surface area contributed by atoms with Gasteiger partial charge in [0.1, 0.15) is 17.3 Å². The van der Waals surface area contributed by atoms with Crippen LogP contribution in [0, 0.1) is 13.8 Å². The Morgan fingerprint density at radius 3 is 2.57 bits per heavy atom. The second kappa shape index (κ2) is 7.40. The Kier molecular flexibility index (Phi) is 5.30. The molecule has 23 heavy (non-hydrogen) atoms. The zero-order valence-electron chi connectivity index (χ0n) is 13.0. The number of carbonyl (C=O) groups is 2. The van der Waals surface area contributed by atoms with E-state index in [1.807, 2.05) is 32.0 Å². The lowest BCUT2D eigenvalue weighted by atomic mass is 10.1. The monoisotopic (exact) mass is 314 g/mol. The third kappa shape index (κ3) is 5.10. The molecular weight excluding hydrogens is 296 g/mol. The average molecular weight is 314 g/mol. The number of nitrogens with one attached hydrogen (secondary N) is 1. The Labute approximate surface area is 134 Å². The van der Waals surface area contributed by atoms with Gasteiger partial charge in [-0.15, -0.1) is 0 Å². The maximum absolute atomic E-state index is 11.5. The van der Waals surface area contributed by atoms with Crippen molar-refractivity contribution >= 4 is 17.7 Å². The molecule has 0 aliphatic rings. The van der Waals surface area contributed by atoms with E-state index in [9.17, 15) is 9.59 Å². The minimum atomic E-state index is -1.01. The van der Waals surface area contributed by atoms with Gasteiger partial charge in [-0.25, -0.2) is 4.98 Å². The highest BCUT2D eigenvalue weighted by molar-refractivity contribution is 5.91. The average Bonchev–Trinajstić information content (AvgIpc) is 2.50. The Morgan fingerprint density at radius 1 is 1.17 bits per heavy atom. The van der Waals surface area contributed by atoms with Gasteiger partial charge in [-0.1, -0.05) is 17.7 Å². The zero-order valence-corrected chi connectivity index (χ0v) is 13.0. The van der Waals surface area contributed by atoms with Crippen LogP contribution in [0.1, 0.15) is 24.0 Å². The first-order valence-electron chi connectivity index (χ1n) is 7.17. The number of hydrogen-bond donors (Lipinski definition) is 2. The smallest absolute Gasteiger partial charge is 0.303 e. The van der Waals surface area contributed by atoms with Crippen LogP contribution in [-0.2, 0) is 9.59 Å². The van der Waals surface area contributed by atoms with Gasteiger partial charge in [0, 0.05) is 6.42 Å². The number of aliphatic carboxylic acids is 1. The van der Waals surface area contributed by atoms with Crippen molar-refractivity contribution in [3.8, 4) is 11.5 Å². The quantitative estimate of drug-likeness (QED) is 0.854. The van der Waals surface area contributed by atoms with Crippen LogP contribution in [-0.4, -0.2) is 22.0 Å². The molecule has 0 aliphatic heterocycles. The number of carbonyl (C=O) groups excluding carboxylic acids is 1. The molecule has 120 valence electrons. The van der Waals surface area contributed by atoms with E-state index in [0.29, 0.717) is 11.6 Å². The molecule has 0 aliphatic carbocycles. The number of aromatic nitrogens is 1. The van der Waals surface area contributed by atoms with E-state index in [-0.39, 0.29) is 18.7 Å². The fraction of sp³-hybridized carbons (Fsp3) is 0.235. The first-order valence-corrected chi connectivity index (χ1v) is 7.17. The lowest BCUT2D eigenvalue weighted by molar-refractivity contribution is -0.138. The Morgan fingerprint density at radius 2 is 1.96 bits per heavy atom. The van der Waals surface area contributed by atoms with Gasteiger partial charge in [0.15, 0.2) is 0 Å². The number of hydrogen-bond acceptors (Lipinski definition) is 4. The molecule has 1 aromatic carbocycles. The fourth-order valence-corrected chi connectivity index (χ4v) is 1.98. The summed E-state index contributed by atoms with van der Waals surface area (Å²) in [6.45, 7) is 3.98. The number of rotatable bonds is 6. The SMILES string of the molecule is Cc1ccc(Oc2ccc(NC(=O)CCC(=O)O)nc2)c(C)c1. The predicted molar refractivity (Wildman–Crippen MR) is 85.7 cm³/mol. The highest BCUT2D eigenvalue weighted by atomic mass is 16.5. The lowest BCUT2D eigenvalue weighted by Gasteiger charge is -2.10. The second-order valence-electron chi connectivity index (χ2n) is 5.19. The molecule has 2 N–H and O–H groups in total. The third-order valence-electron chi connectivity index (χ3n) is 3.13. The number of aryl methyl sites for hydroxylation is 2. The van der Waals surface area contributed by atoms with Crippen molar-refractivity contribution < 1.29 is 19.4 Å². The Bertz CT molecular complexity index is 711. The van der Waals surface area contributed by atoms with Crippen molar-refractivity contribution in [2.45, 2.75) is 26.7 Å². The molecule has 6 nitrogen and oxygen atoms in total. The van der Waals surface area contributed by atoms with Gasteiger partial charge < -0.3 is 15.2 Å². The molecule has 0 atom stereocenters. The minimum absolute atomic E-state index is 0.0855. The molecular formula is C17H18N2O4. The van der Waals surface area contributed by atoms with Gasteiger partial charge in [-0.3, -0.25) is 9.59 Å². The van der Waals surface area contributed by atoms with Gasteiger partial charge in [-0.05, 0) is 37.6 Å². The molecule has 2 aromatic rings. The molecule has 1 heterocycles. The number of amides is 1. The number of nitrogens with zero attached hydrogens (tertiary/aromatic N) is 1. The number of carboxylic acid groups (broad SMARTS) is 1. The maximum atomic E-state index is 11.5. The number of benzene rings is 1. The standard InChI is InChI=1S/C17H18N2O4/c1-11-3-5-14(12(2)9-11)23-13-4-6-15(18-10-13)19-16(20)7-8-17(21)22/h3-6,9-10H,7-8H2,1-2H3,(H,21,22)(H,18,19,20). The first-order chi connectivity index (χ1) is 10.9. The topological polar surface area (TPSA) is 88.5 Å². The van der Waals surface area contributed by atoms with E-state index in [0.717, 1.165) is 16.9 Å². The van der Waals surface area contributed by atoms with Gasteiger partial charge in [0.25, 0.3) is 0 Å². The number of carboxylic acids is 1. The van der Waals surface area contributed by atoms with E-state index < -0.39 is 5.97 Å². The molecule has 0 bridgehead atoms. The molecule has 2 rings (SSSR count). The number of anilines is 1. The van der Waals surface area contributed by atoms with Crippen LogP contribution in [0.4, 0.5) is 5.82 Å². The minimum Gasteiger partial charge on any atom is -0.481 e. The predicted octanol–water partition coefficient (Wildman–Crippen LogP) is 3.29. The van der Waals surface area contributed by atoms with Gasteiger partial charge >= 0.3 is 5.97 Å². The lowest BCUT2D eigenvalue weighted by Crippen LogP contribution is -2.13. The van der Waals surface area contributed by atoms with Crippen LogP contribution >= 0.6 is 0 Å². The summed E-state index contributed by atoms with van der Waals surface area (Å²) >= 11 is 0. The Hall–Kier alpha value is -2.89. The first kappa shape index (κ1) is 16.5. The summed E-state index contributed by atoms with van der Waals surface area (Å²) < 4.78 is 5.75. The normalized spacial score (nSPS) is 10.2. The molecule has 6 heteroatoms. The van der Waals surface area contributed by atoms with Crippen LogP contribution in [0.3, 0.4) is 0 Å². The van der Waals surface area contributed by atoms with Crippen molar-refractivity contribution in [3.63, 3.8) is 0 Å². The molecule has 1 aromatic heterocycles. The highest BCUT2D eigenvalue weighted by Crippen LogP contribution is 2.25. The highest BCUT2D eigenvalue weighted by Gasteiger charge is 2.07. The summed E-state index contributed by atoms with van der Waals surface area (Å²) in [5, 5.41) is 11.1. The molecule has 0 saturated heterocycles. The van der Waals surface area contributed by atoms with E-state index in [1.165, 1.54) is 6.20 Å². The molecule has 0 radical (unpaired) electrons. The van der Waals surface area contributed by atoms with Crippen molar-refractivity contribution in [2.75, 3.05) is 5.32 Å². The summed E-state index contributed by atoms with van der Waals surface area (Å²) in [4.78, 5) is 26.0. The largest absolute Gasteiger partial charge is 0.481 e. The molecule has 0 saturated carbocycles. The summed E-state index contributed by atoms with van der Waals surface area (Å²) in [7, 11) is 0. The second-order valence-corrected chi connectivity index (χ2v) is 5.19. The molecule has 0 fully saturated rings. The van der Waals surface area contributed by atoms with Gasteiger partial charge in [0.05, 0.1) is 12.6 Å². The van der Waals surface area contributed by atoms with Crippen LogP contribution in [0.2, 0.25) is 0 Å². The molecule has 1 amide bonds. The summed E-state index contributed by atoms with van der Waals surface area (Å²) in [5.74, 6) is 0.262. The molecule has 0 unspecified atom stereocenters. The van der Waals surface area contributed by atoms with Crippen molar-refractivity contribution in [1.29, 1.82) is 0 Å². The number of pyridine rings is 1. The van der Waals surface area contributed by atoms with Crippen molar-refractivity contribution in [3.05, 3.63) is 47.7 Å². The maximum Gasteiger partial charge on any atom is 0.303 e. The van der Waals surface area contributed by atoms with Crippen LogP contribution in [0.15, 0.2) is 36.5 Å². The summed E-state index contributed by atoms with van der Waals surface area (Å²) in [5.41, 5.74) is 2.18. The van der Waals surface area contributed by atoms with Crippen LogP contribution in [0.25, 0.3) is 0 Å². The van der Waals surface area contributed by atoms with Gasteiger partial charge in [-0.2, -0.15) is 0 Å². The van der Waals surface area contributed by atoms with Crippen LogP contribution in [0.5, 0.6) is 11.5 Å². The fourth-order valence-electron chi connectivity index (χ4n) is 1.98. The molecule has 0 spiro atoms. The van der Waals surface area contributed by atoms with Crippen molar-refractivity contribution in [1.82, 2.24) is 4.98 Å². The van der Waals surface area contributed by atoms with Crippen LogP contribution < -0.4 is 10.1 Å². The van der Waals surface area contributed by atoms with E-state index in [2.05, 4.69) is 10.3 Å². The van der Waals surface area contributed by atoms with E-state index in [4.69, 9.17) is 9.84 Å². The van der Waals surface area contributed by atoms with E-state index >= 15 is 0 Å². The summed E-state index contributed by atoms with van der Waals surface area (Å²) in [6.07, 6.45) is 1.21. The van der Waals surface area contributed by atoms with Gasteiger partial charge in [0.2, 0.25) is 5.91 Å². The third-order valence-corrected chi connectivity index (χ3v) is 3.13. The zero-order chi connectivity index (χ0) is 16.8. The Balaban J connectivity index is 1.96. The van der Waals surface area contributed by atoms with Crippen molar-refractivity contribution in [2.24, 2.45) is 0 Å².